The molecular weight excluding hydrogens is 420 g/mol. The van der Waals surface area contributed by atoms with Gasteiger partial charge in [-0.05, 0) is 63.3 Å². The van der Waals surface area contributed by atoms with Crippen molar-refractivity contribution in [1.82, 2.24) is 19.7 Å². The van der Waals surface area contributed by atoms with Crippen molar-refractivity contribution in [1.29, 1.82) is 0 Å². The van der Waals surface area contributed by atoms with Crippen LogP contribution in [0.4, 0.5) is 4.79 Å². The molecule has 3 amide bonds. The Morgan fingerprint density at radius 2 is 1.91 bits per heavy atom. The molecule has 1 aromatic carbocycles. The minimum absolute atomic E-state index is 0.0321. The summed E-state index contributed by atoms with van der Waals surface area (Å²) in [7, 11) is 0. The summed E-state index contributed by atoms with van der Waals surface area (Å²) >= 11 is 1.67. The van der Waals surface area contributed by atoms with Crippen molar-refractivity contribution in [3.05, 3.63) is 58.6 Å². The fraction of sp³-hybridized carbons (Fsp3) is 0.440. The molecule has 3 aromatic rings. The number of rotatable bonds is 3. The SMILES string of the molecule is Cc1ccccc1Cn1c(C(=O)N2CCN(C(=O)NC(C)(C)C)[C@@H](C)C2)cc2ccsc21. The summed E-state index contributed by atoms with van der Waals surface area (Å²) in [5, 5.41) is 6.20. The molecule has 1 atom stereocenters. The number of aromatic nitrogens is 1. The van der Waals surface area contributed by atoms with Crippen LogP contribution in [0.1, 0.15) is 49.3 Å². The van der Waals surface area contributed by atoms with Gasteiger partial charge in [0.05, 0.1) is 0 Å². The Labute approximate surface area is 193 Å². The van der Waals surface area contributed by atoms with E-state index in [-0.39, 0.29) is 23.5 Å². The lowest BCUT2D eigenvalue weighted by Gasteiger charge is -2.41. The van der Waals surface area contributed by atoms with E-state index < -0.39 is 0 Å². The first kappa shape index (κ1) is 22.4. The number of hydrogen-bond donors (Lipinski definition) is 1. The molecule has 0 spiro atoms. The van der Waals surface area contributed by atoms with Crippen LogP contribution in [-0.4, -0.2) is 57.5 Å². The summed E-state index contributed by atoms with van der Waals surface area (Å²) in [4.78, 5) is 31.1. The molecule has 0 aliphatic carbocycles. The van der Waals surface area contributed by atoms with Crippen molar-refractivity contribution in [2.75, 3.05) is 19.6 Å². The molecule has 0 bridgehead atoms. The Bertz CT molecular complexity index is 1140. The largest absolute Gasteiger partial charge is 0.334 e. The van der Waals surface area contributed by atoms with Gasteiger partial charge in [-0.3, -0.25) is 4.79 Å². The van der Waals surface area contributed by atoms with E-state index in [4.69, 9.17) is 0 Å². The average Bonchev–Trinajstić information content (AvgIpc) is 3.30. The smallest absolute Gasteiger partial charge is 0.318 e. The Hall–Kier alpha value is -2.80. The van der Waals surface area contributed by atoms with Gasteiger partial charge in [0.2, 0.25) is 0 Å². The Balaban J connectivity index is 1.55. The number of urea groups is 1. The number of hydrogen-bond acceptors (Lipinski definition) is 3. The quantitative estimate of drug-likeness (QED) is 0.625. The maximum absolute atomic E-state index is 13.6. The number of amides is 3. The van der Waals surface area contributed by atoms with Crippen LogP contribution in [0.15, 0.2) is 41.8 Å². The van der Waals surface area contributed by atoms with E-state index in [1.807, 2.05) is 55.7 Å². The first-order valence-corrected chi connectivity index (χ1v) is 12.0. The molecular formula is C25H32N4O2S. The van der Waals surface area contributed by atoms with E-state index in [0.29, 0.717) is 26.2 Å². The molecule has 1 N–H and O–H groups in total. The van der Waals surface area contributed by atoms with Crippen LogP contribution in [-0.2, 0) is 6.54 Å². The van der Waals surface area contributed by atoms with Crippen LogP contribution in [0.3, 0.4) is 0 Å². The summed E-state index contributed by atoms with van der Waals surface area (Å²) in [6, 6.07) is 12.3. The van der Waals surface area contributed by atoms with Crippen LogP contribution >= 0.6 is 11.3 Å². The summed E-state index contributed by atoms with van der Waals surface area (Å²) in [6.07, 6.45) is 0. The van der Waals surface area contributed by atoms with Crippen LogP contribution in [0, 0.1) is 6.92 Å². The Morgan fingerprint density at radius 1 is 1.16 bits per heavy atom. The van der Waals surface area contributed by atoms with Crippen LogP contribution < -0.4 is 5.32 Å². The van der Waals surface area contributed by atoms with Gasteiger partial charge in [0.25, 0.3) is 5.91 Å². The highest BCUT2D eigenvalue weighted by Gasteiger charge is 2.32. The summed E-state index contributed by atoms with van der Waals surface area (Å²) in [6.45, 7) is 12.3. The molecule has 32 heavy (non-hydrogen) atoms. The molecule has 7 heteroatoms. The van der Waals surface area contributed by atoms with Gasteiger partial charge in [0.1, 0.15) is 10.5 Å². The minimum Gasteiger partial charge on any atom is -0.334 e. The monoisotopic (exact) mass is 452 g/mol. The zero-order valence-electron chi connectivity index (χ0n) is 19.5. The molecule has 6 nitrogen and oxygen atoms in total. The third-order valence-corrected chi connectivity index (χ3v) is 6.92. The normalized spacial score (nSPS) is 17.1. The van der Waals surface area contributed by atoms with E-state index in [2.05, 4.69) is 40.4 Å². The van der Waals surface area contributed by atoms with Crippen molar-refractivity contribution in [2.24, 2.45) is 0 Å². The highest BCUT2D eigenvalue weighted by Crippen LogP contribution is 2.28. The second kappa shape index (κ2) is 8.62. The number of benzene rings is 1. The number of carbonyl (C=O) groups is 2. The number of thiophene rings is 1. The van der Waals surface area contributed by atoms with E-state index in [1.54, 1.807) is 11.3 Å². The number of carbonyl (C=O) groups excluding carboxylic acids is 2. The minimum atomic E-state index is -0.286. The average molecular weight is 453 g/mol. The van der Waals surface area contributed by atoms with Crippen molar-refractivity contribution in [3.63, 3.8) is 0 Å². The lowest BCUT2D eigenvalue weighted by atomic mass is 10.1. The topological polar surface area (TPSA) is 57.6 Å². The van der Waals surface area contributed by atoms with Crippen LogP contribution in [0.25, 0.3) is 10.2 Å². The molecule has 0 radical (unpaired) electrons. The van der Waals surface area contributed by atoms with Crippen molar-refractivity contribution in [2.45, 2.75) is 52.7 Å². The third kappa shape index (κ3) is 4.53. The number of piperazine rings is 1. The number of aryl methyl sites for hydroxylation is 1. The van der Waals surface area contributed by atoms with Gasteiger partial charge in [-0.25, -0.2) is 4.79 Å². The molecule has 1 saturated heterocycles. The Kier molecular flexibility index (Phi) is 6.03. The molecule has 4 rings (SSSR count). The van der Waals surface area contributed by atoms with Crippen LogP contribution in [0.2, 0.25) is 0 Å². The molecule has 1 aliphatic rings. The van der Waals surface area contributed by atoms with Crippen molar-refractivity contribution >= 4 is 33.5 Å². The number of fused-ring (bicyclic) bond motifs is 1. The zero-order chi connectivity index (χ0) is 23.0. The number of nitrogens with one attached hydrogen (secondary N) is 1. The molecule has 0 unspecified atom stereocenters. The van der Waals surface area contributed by atoms with E-state index in [9.17, 15) is 9.59 Å². The van der Waals surface area contributed by atoms with Gasteiger partial charge in [-0.2, -0.15) is 0 Å². The molecule has 1 aliphatic heterocycles. The molecule has 170 valence electrons. The fourth-order valence-corrected chi connectivity index (χ4v) is 5.16. The summed E-state index contributed by atoms with van der Waals surface area (Å²) in [5.41, 5.74) is 2.86. The predicted molar refractivity (Wildman–Crippen MR) is 130 cm³/mol. The van der Waals surface area contributed by atoms with Gasteiger partial charge in [-0.1, -0.05) is 24.3 Å². The summed E-state index contributed by atoms with van der Waals surface area (Å²) < 4.78 is 2.15. The molecule has 0 saturated carbocycles. The van der Waals surface area contributed by atoms with Gasteiger partial charge < -0.3 is 19.7 Å². The first-order chi connectivity index (χ1) is 15.1. The highest BCUT2D eigenvalue weighted by molar-refractivity contribution is 7.16. The molecule has 1 fully saturated rings. The van der Waals surface area contributed by atoms with E-state index in [0.717, 1.165) is 15.9 Å². The fourth-order valence-electron chi connectivity index (χ4n) is 4.27. The summed E-state index contributed by atoms with van der Waals surface area (Å²) in [5.74, 6) is 0.0321. The van der Waals surface area contributed by atoms with Gasteiger partial charge >= 0.3 is 6.03 Å². The van der Waals surface area contributed by atoms with Crippen LogP contribution in [0.5, 0.6) is 0 Å². The second-order valence-electron chi connectivity index (χ2n) is 9.70. The van der Waals surface area contributed by atoms with E-state index >= 15 is 0 Å². The van der Waals surface area contributed by atoms with Gasteiger partial charge in [0, 0.05) is 43.1 Å². The maximum Gasteiger partial charge on any atom is 0.318 e. The van der Waals surface area contributed by atoms with Crippen molar-refractivity contribution < 1.29 is 9.59 Å². The third-order valence-electron chi connectivity index (χ3n) is 5.97. The lowest BCUT2D eigenvalue weighted by molar-refractivity contribution is 0.0564. The standard InChI is InChI=1S/C25H32N4O2S/c1-17-8-6-7-9-20(17)16-29-21(14-19-10-13-32-23(19)29)22(30)27-11-12-28(18(2)15-27)24(31)26-25(3,4)5/h6-10,13-14,18H,11-12,15-16H2,1-5H3,(H,26,31)/t18-/m0/s1. The lowest BCUT2D eigenvalue weighted by Crippen LogP contribution is -2.59. The van der Waals surface area contributed by atoms with Gasteiger partial charge in [0.15, 0.2) is 0 Å². The second-order valence-corrected chi connectivity index (χ2v) is 10.6. The van der Waals surface area contributed by atoms with Crippen molar-refractivity contribution in [3.8, 4) is 0 Å². The first-order valence-electron chi connectivity index (χ1n) is 11.1. The zero-order valence-corrected chi connectivity index (χ0v) is 20.3. The Morgan fingerprint density at radius 3 is 2.59 bits per heavy atom. The number of nitrogens with zero attached hydrogens (tertiary/aromatic N) is 3. The van der Waals surface area contributed by atoms with Gasteiger partial charge in [-0.15, -0.1) is 11.3 Å². The predicted octanol–water partition coefficient (Wildman–Crippen LogP) is 4.71. The highest BCUT2D eigenvalue weighted by atomic mass is 32.1. The maximum atomic E-state index is 13.6. The molecule has 2 aromatic heterocycles. The van der Waals surface area contributed by atoms with E-state index in [1.165, 1.54) is 11.1 Å². The molecule has 3 heterocycles.